The first-order valence-electron chi connectivity index (χ1n) is 17.0. The lowest BCUT2D eigenvalue weighted by molar-refractivity contribution is -0.151. The summed E-state index contributed by atoms with van der Waals surface area (Å²) in [5.74, 6) is -0.747. The van der Waals surface area contributed by atoms with Crippen LogP contribution in [0.15, 0.2) is 42.0 Å². The topological polar surface area (TPSA) is 118 Å². The van der Waals surface area contributed by atoms with Crippen LogP contribution in [0.2, 0.25) is 0 Å². The lowest BCUT2D eigenvalue weighted by atomic mass is 9.85. The summed E-state index contributed by atoms with van der Waals surface area (Å²) in [6, 6.07) is 7.73. The van der Waals surface area contributed by atoms with E-state index < -0.39 is 24.3 Å². The van der Waals surface area contributed by atoms with Crippen molar-refractivity contribution in [1.29, 1.82) is 0 Å². The number of likely N-dealkylation sites (tertiary alicyclic amines) is 1. The minimum Gasteiger partial charge on any atom is -0.457 e. The molecule has 11 heteroatoms. The van der Waals surface area contributed by atoms with Crippen molar-refractivity contribution < 1.29 is 38.4 Å². The Morgan fingerprint density at radius 1 is 1.04 bits per heavy atom. The zero-order chi connectivity index (χ0) is 33.6. The lowest BCUT2D eigenvalue weighted by Gasteiger charge is -2.37. The van der Waals surface area contributed by atoms with E-state index in [1.54, 1.807) is 9.80 Å². The first kappa shape index (κ1) is 34.9. The number of amides is 2. The maximum atomic E-state index is 13.1. The Balaban J connectivity index is 1.26. The van der Waals surface area contributed by atoms with E-state index in [1.807, 2.05) is 70.3 Å². The number of rotatable bonds is 5. The average molecular weight is 654 g/mol. The van der Waals surface area contributed by atoms with Gasteiger partial charge in [0, 0.05) is 50.6 Å². The largest absolute Gasteiger partial charge is 0.457 e. The number of cyclic esters (lactones) is 1. The molecule has 5 rings (SSSR count). The van der Waals surface area contributed by atoms with Crippen molar-refractivity contribution in [3.05, 3.63) is 53.1 Å². The fourth-order valence-electron chi connectivity index (χ4n) is 6.70. The van der Waals surface area contributed by atoms with Gasteiger partial charge in [-0.2, -0.15) is 0 Å². The molecule has 3 fully saturated rings. The predicted molar refractivity (Wildman–Crippen MR) is 176 cm³/mol. The van der Waals surface area contributed by atoms with Crippen LogP contribution in [0.4, 0.5) is 9.59 Å². The van der Waals surface area contributed by atoms with E-state index in [2.05, 4.69) is 4.90 Å². The normalized spacial score (nSPS) is 29.7. The molecule has 11 nitrogen and oxygen atoms in total. The number of piperazine rings is 1. The van der Waals surface area contributed by atoms with Gasteiger partial charge in [0.15, 0.2) is 0 Å². The van der Waals surface area contributed by atoms with Gasteiger partial charge in [-0.25, -0.2) is 9.59 Å². The predicted octanol–water partition coefficient (Wildman–Crippen LogP) is 4.49. The molecule has 4 aliphatic heterocycles. The summed E-state index contributed by atoms with van der Waals surface area (Å²) in [7, 11) is 2.04. The van der Waals surface area contributed by atoms with Gasteiger partial charge < -0.3 is 38.8 Å². The Bertz CT molecular complexity index is 1320. The number of carbonyl (C=O) groups is 3. The number of ether oxygens (including phenoxy) is 4. The average Bonchev–Trinajstić information content (AvgIpc) is 3.50. The minimum atomic E-state index is -0.852. The SMILES string of the molecule is C/C(=C\c1cccc(COC(=O)N2CCC3(COC3)C2)c1)[C@H]1OC(=O)C[C@H](O)CC[C@H](C)[C@@H](OC(=O)N2CCN(C)CC2)/C=C/[C@@H]1C. The molecule has 1 N–H and O–H groups in total. The van der Waals surface area contributed by atoms with Crippen LogP contribution in [0.25, 0.3) is 6.08 Å². The van der Waals surface area contributed by atoms with Crippen molar-refractivity contribution in [2.45, 2.75) is 71.4 Å². The highest BCUT2D eigenvalue weighted by molar-refractivity contribution is 5.71. The van der Waals surface area contributed by atoms with E-state index in [1.165, 1.54) is 0 Å². The van der Waals surface area contributed by atoms with Crippen LogP contribution in [-0.2, 0) is 30.3 Å². The van der Waals surface area contributed by atoms with Gasteiger partial charge in [-0.15, -0.1) is 0 Å². The van der Waals surface area contributed by atoms with Crippen molar-refractivity contribution in [3.63, 3.8) is 0 Å². The highest BCUT2D eigenvalue weighted by atomic mass is 16.6. The molecular weight excluding hydrogens is 602 g/mol. The van der Waals surface area contributed by atoms with Crippen LogP contribution in [0.1, 0.15) is 57.6 Å². The van der Waals surface area contributed by atoms with Crippen molar-refractivity contribution in [3.8, 4) is 0 Å². The fourth-order valence-corrected chi connectivity index (χ4v) is 6.70. The van der Waals surface area contributed by atoms with Gasteiger partial charge in [-0.1, -0.05) is 44.2 Å². The second-order valence-electron chi connectivity index (χ2n) is 14.1. The van der Waals surface area contributed by atoms with E-state index in [0.29, 0.717) is 52.2 Å². The monoisotopic (exact) mass is 653 g/mol. The van der Waals surface area contributed by atoms with Gasteiger partial charge in [0.2, 0.25) is 0 Å². The number of hydrogen-bond donors (Lipinski definition) is 1. The molecule has 1 aromatic rings. The molecule has 0 aromatic heterocycles. The van der Waals surface area contributed by atoms with Crippen LogP contribution in [-0.4, -0.2) is 116 Å². The quantitative estimate of drug-likeness (QED) is 0.279. The molecule has 0 radical (unpaired) electrons. The fraction of sp³-hybridized carbons (Fsp3) is 0.639. The Morgan fingerprint density at radius 2 is 1.81 bits per heavy atom. The van der Waals surface area contributed by atoms with E-state index in [0.717, 1.165) is 36.2 Å². The van der Waals surface area contributed by atoms with Crippen molar-refractivity contribution in [1.82, 2.24) is 14.7 Å². The van der Waals surface area contributed by atoms with Gasteiger partial charge in [-0.3, -0.25) is 4.79 Å². The number of carbonyl (C=O) groups excluding carboxylic acids is 3. The van der Waals surface area contributed by atoms with Gasteiger partial charge in [-0.05, 0) is 68.0 Å². The third kappa shape index (κ3) is 9.36. The summed E-state index contributed by atoms with van der Waals surface area (Å²) in [6.07, 6.45) is 5.07. The Labute approximate surface area is 278 Å². The molecule has 0 aliphatic carbocycles. The number of nitrogens with zero attached hydrogens (tertiary/aromatic N) is 3. The van der Waals surface area contributed by atoms with Crippen LogP contribution in [0, 0.1) is 17.3 Å². The number of aliphatic hydroxyl groups is 1. The standard InChI is InChI=1S/C36H51N3O8/c1-25-8-10-30(40)20-32(41)47-33(26(2)9-11-31(25)46-35(43)38-16-14-37(4)15-17-38)27(3)18-28-6-5-7-29(19-28)21-45-34(42)39-13-12-36(22-39)23-44-24-36/h5-7,9,11,18-19,25-26,30-31,33,40H,8,10,12-17,20-24H2,1-4H3/b11-9+,27-18+/t25-,26-,30+,31-,33-/m0/s1. The number of benzene rings is 1. The molecule has 0 unspecified atom stereocenters. The molecule has 2 amide bonds. The lowest BCUT2D eigenvalue weighted by Crippen LogP contribution is -2.48. The minimum absolute atomic E-state index is 0.0503. The zero-order valence-corrected chi connectivity index (χ0v) is 28.3. The molecule has 1 aromatic carbocycles. The molecular formula is C36H51N3O8. The highest BCUT2D eigenvalue weighted by Gasteiger charge is 2.46. The van der Waals surface area contributed by atoms with Crippen LogP contribution in [0.3, 0.4) is 0 Å². The summed E-state index contributed by atoms with van der Waals surface area (Å²) in [5.41, 5.74) is 2.66. The first-order chi connectivity index (χ1) is 22.5. The van der Waals surface area contributed by atoms with E-state index >= 15 is 0 Å². The summed E-state index contributed by atoms with van der Waals surface area (Å²) < 4.78 is 23.0. The third-order valence-electron chi connectivity index (χ3n) is 9.93. The Morgan fingerprint density at radius 3 is 2.51 bits per heavy atom. The van der Waals surface area contributed by atoms with Gasteiger partial charge in [0.25, 0.3) is 0 Å². The molecule has 0 bridgehead atoms. The summed E-state index contributed by atoms with van der Waals surface area (Å²) in [5, 5.41) is 10.6. The number of hydrogen-bond acceptors (Lipinski definition) is 9. The summed E-state index contributed by atoms with van der Waals surface area (Å²) >= 11 is 0. The van der Waals surface area contributed by atoms with Crippen molar-refractivity contribution in [2.75, 3.05) is 59.5 Å². The molecule has 0 saturated carbocycles. The van der Waals surface area contributed by atoms with Crippen molar-refractivity contribution >= 4 is 24.2 Å². The van der Waals surface area contributed by atoms with Crippen LogP contribution < -0.4 is 0 Å². The van der Waals surface area contributed by atoms with E-state index in [4.69, 9.17) is 18.9 Å². The van der Waals surface area contributed by atoms with Crippen LogP contribution >= 0.6 is 0 Å². The second-order valence-corrected chi connectivity index (χ2v) is 14.1. The molecule has 4 heterocycles. The maximum absolute atomic E-state index is 13.1. The second kappa shape index (κ2) is 15.7. The number of aliphatic hydroxyl groups excluding tert-OH is 1. The van der Waals surface area contributed by atoms with Gasteiger partial charge >= 0.3 is 18.2 Å². The maximum Gasteiger partial charge on any atom is 0.410 e. The van der Waals surface area contributed by atoms with E-state index in [-0.39, 0.29) is 42.5 Å². The molecule has 5 atom stereocenters. The smallest absolute Gasteiger partial charge is 0.410 e. The molecule has 47 heavy (non-hydrogen) atoms. The van der Waals surface area contributed by atoms with Gasteiger partial charge in [0.1, 0.15) is 18.8 Å². The van der Waals surface area contributed by atoms with Crippen LogP contribution in [0.5, 0.6) is 0 Å². The molecule has 1 spiro atoms. The van der Waals surface area contributed by atoms with Gasteiger partial charge in [0.05, 0.1) is 25.7 Å². The third-order valence-corrected chi connectivity index (χ3v) is 9.93. The Hall–Kier alpha value is -3.41. The zero-order valence-electron chi connectivity index (χ0n) is 28.3. The number of likely N-dealkylation sites (N-methyl/N-ethyl adjacent to an activating group) is 1. The summed E-state index contributed by atoms with van der Waals surface area (Å²) in [4.78, 5) is 44.4. The number of esters is 1. The van der Waals surface area contributed by atoms with E-state index in [9.17, 15) is 19.5 Å². The summed E-state index contributed by atoms with van der Waals surface area (Å²) in [6.45, 7) is 11.7. The molecule has 258 valence electrons. The molecule has 4 aliphatic rings. The molecule has 3 saturated heterocycles. The Kier molecular flexibility index (Phi) is 11.6. The first-order valence-corrected chi connectivity index (χ1v) is 17.0. The van der Waals surface area contributed by atoms with Crippen molar-refractivity contribution in [2.24, 2.45) is 17.3 Å². The highest BCUT2D eigenvalue weighted by Crippen LogP contribution is 2.37.